The van der Waals surface area contributed by atoms with Crippen molar-refractivity contribution in [1.82, 2.24) is 5.32 Å². The molecule has 4 heteroatoms. The van der Waals surface area contributed by atoms with Crippen molar-refractivity contribution in [3.8, 4) is 0 Å². The maximum absolute atomic E-state index is 13.1. The Morgan fingerprint density at radius 2 is 1.73 bits per heavy atom. The molecule has 0 atom stereocenters. The lowest BCUT2D eigenvalue weighted by atomic mass is 10.0. The van der Waals surface area contributed by atoms with Gasteiger partial charge in [0.2, 0.25) is 11.8 Å². The number of nitrogens with one attached hydrogen (secondary N) is 1. The minimum absolute atomic E-state index is 0.0250. The van der Waals surface area contributed by atoms with Gasteiger partial charge < -0.3 is 10.2 Å². The van der Waals surface area contributed by atoms with E-state index in [0.717, 1.165) is 24.9 Å². The molecule has 134 valence electrons. The topological polar surface area (TPSA) is 49.4 Å². The van der Waals surface area contributed by atoms with Gasteiger partial charge in [-0.1, -0.05) is 48.5 Å². The second-order valence-corrected chi connectivity index (χ2v) is 7.26. The monoisotopic (exact) mass is 348 g/mol. The summed E-state index contributed by atoms with van der Waals surface area (Å²) in [7, 11) is 0. The first-order chi connectivity index (χ1) is 12.7. The van der Waals surface area contributed by atoms with Crippen molar-refractivity contribution in [2.24, 2.45) is 5.41 Å². The number of carbonyl (C=O) groups excluding carboxylic acids is 2. The normalized spacial score (nSPS) is 16.8. The molecule has 0 aromatic heterocycles. The predicted octanol–water partition coefficient (Wildman–Crippen LogP) is 3.10. The van der Waals surface area contributed by atoms with Crippen molar-refractivity contribution < 1.29 is 9.59 Å². The van der Waals surface area contributed by atoms with Crippen LogP contribution in [-0.4, -0.2) is 24.9 Å². The van der Waals surface area contributed by atoms with Crippen LogP contribution in [0.2, 0.25) is 0 Å². The number of hydrogen-bond donors (Lipinski definition) is 1. The molecule has 1 fully saturated rings. The number of anilines is 1. The molecule has 2 amide bonds. The summed E-state index contributed by atoms with van der Waals surface area (Å²) in [5.41, 5.74) is 2.61. The zero-order valence-electron chi connectivity index (χ0n) is 14.9. The molecule has 4 rings (SSSR count). The molecule has 0 bridgehead atoms. The number of carbonyl (C=O) groups is 2. The number of amides is 2. The van der Waals surface area contributed by atoms with Crippen LogP contribution in [0.5, 0.6) is 0 Å². The van der Waals surface area contributed by atoms with Gasteiger partial charge in [-0.25, -0.2) is 0 Å². The molecule has 2 aromatic carbocycles. The van der Waals surface area contributed by atoms with Gasteiger partial charge in [0.05, 0.1) is 0 Å². The van der Waals surface area contributed by atoms with Crippen molar-refractivity contribution >= 4 is 17.5 Å². The van der Waals surface area contributed by atoms with E-state index in [1.54, 1.807) is 0 Å². The smallest absolute Gasteiger partial charge is 0.242 e. The zero-order valence-corrected chi connectivity index (χ0v) is 14.9. The number of para-hydroxylation sites is 1. The van der Waals surface area contributed by atoms with Crippen LogP contribution in [0.4, 0.5) is 5.69 Å². The van der Waals surface area contributed by atoms with Gasteiger partial charge in [-0.05, 0) is 49.3 Å². The highest BCUT2D eigenvalue weighted by molar-refractivity contribution is 6.14. The Kier molecular flexibility index (Phi) is 4.49. The molecule has 1 aliphatic carbocycles. The highest BCUT2D eigenvalue weighted by Gasteiger charge is 2.58. The third kappa shape index (κ3) is 3.12. The minimum Gasteiger partial charge on any atom is -0.355 e. The first kappa shape index (κ1) is 16.8. The van der Waals surface area contributed by atoms with Crippen LogP contribution in [0.1, 0.15) is 30.4 Å². The molecule has 2 aromatic rings. The molecule has 0 radical (unpaired) electrons. The van der Waals surface area contributed by atoms with E-state index in [1.807, 2.05) is 41.3 Å². The summed E-state index contributed by atoms with van der Waals surface area (Å²) in [6.07, 6.45) is 4.01. The number of rotatable bonds is 6. The molecular formula is C22H24N2O2. The Balaban J connectivity index is 1.33. The average Bonchev–Trinajstić information content (AvgIpc) is 3.39. The molecule has 1 heterocycles. The first-order valence-corrected chi connectivity index (χ1v) is 9.43. The van der Waals surface area contributed by atoms with Gasteiger partial charge in [0.25, 0.3) is 0 Å². The molecule has 0 saturated heterocycles. The van der Waals surface area contributed by atoms with Crippen molar-refractivity contribution in [3.63, 3.8) is 0 Å². The summed E-state index contributed by atoms with van der Waals surface area (Å²) in [5.74, 6) is -0.122. The third-order valence-electron chi connectivity index (χ3n) is 5.50. The fourth-order valence-corrected chi connectivity index (χ4v) is 3.78. The molecular weight excluding hydrogens is 324 g/mol. The molecule has 0 unspecified atom stereocenters. The Morgan fingerprint density at radius 1 is 1.00 bits per heavy atom. The fraction of sp³-hybridized carbons (Fsp3) is 0.364. The second kappa shape index (κ2) is 6.94. The average molecular weight is 348 g/mol. The standard InChI is InChI=1S/C22H24N2O2/c25-20(23-15-6-9-17-7-2-1-3-8-17)22(13-14-22)21(26)24-16-12-18-10-4-5-11-19(18)24/h1-5,7-8,10-11H,6,9,12-16H2,(H,23,25). The van der Waals surface area contributed by atoms with Gasteiger partial charge in [-0.2, -0.15) is 0 Å². The maximum atomic E-state index is 13.1. The molecule has 0 spiro atoms. The van der Waals surface area contributed by atoms with Crippen LogP contribution < -0.4 is 10.2 Å². The van der Waals surface area contributed by atoms with Crippen LogP contribution in [0.25, 0.3) is 0 Å². The highest BCUT2D eigenvalue weighted by atomic mass is 16.2. The Labute approximate surface area is 154 Å². The minimum atomic E-state index is -0.829. The lowest BCUT2D eigenvalue weighted by Gasteiger charge is -2.23. The van der Waals surface area contributed by atoms with Crippen LogP contribution in [0.3, 0.4) is 0 Å². The van der Waals surface area contributed by atoms with E-state index in [-0.39, 0.29) is 11.8 Å². The highest BCUT2D eigenvalue weighted by Crippen LogP contribution is 2.49. The number of fused-ring (bicyclic) bond motifs is 1. The van der Waals surface area contributed by atoms with Crippen LogP contribution >= 0.6 is 0 Å². The summed E-state index contributed by atoms with van der Waals surface area (Å²) in [6, 6.07) is 18.2. The molecule has 4 nitrogen and oxygen atoms in total. The predicted molar refractivity (Wildman–Crippen MR) is 102 cm³/mol. The van der Waals surface area contributed by atoms with Gasteiger partial charge in [0.15, 0.2) is 0 Å². The van der Waals surface area contributed by atoms with E-state index in [9.17, 15) is 9.59 Å². The molecule has 1 aliphatic heterocycles. The van der Waals surface area contributed by atoms with Crippen molar-refractivity contribution in [3.05, 3.63) is 65.7 Å². The summed E-state index contributed by atoms with van der Waals surface area (Å²) < 4.78 is 0. The summed E-state index contributed by atoms with van der Waals surface area (Å²) in [5, 5.41) is 3.00. The number of nitrogens with zero attached hydrogens (tertiary/aromatic N) is 1. The quantitative estimate of drug-likeness (QED) is 0.644. The number of benzene rings is 2. The Morgan fingerprint density at radius 3 is 2.50 bits per heavy atom. The van der Waals surface area contributed by atoms with E-state index < -0.39 is 5.41 Å². The largest absolute Gasteiger partial charge is 0.355 e. The molecule has 2 aliphatic rings. The van der Waals surface area contributed by atoms with Gasteiger partial charge in [-0.15, -0.1) is 0 Å². The van der Waals surface area contributed by atoms with Gasteiger partial charge in [0.1, 0.15) is 5.41 Å². The summed E-state index contributed by atoms with van der Waals surface area (Å²) in [4.78, 5) is 27.6. The van der Waals surface area contributed by atoms with Gasteiger partial charge in [0, 0.05) is 18.8 Å². The van der Waals surface area contributed by atoms with Crippen molar-refractivity contribution in [1.29, 1.82) is 0 Å². The zero-order chi connectivity index (χ0) is 18.0. The Hall–Kier alpha value is -2.62. The fourth-order valence-electron chi connectivity index (χ4n) is 3.78. The van der Waals surface area contributed by atoms with Crippen LogP contribution in [0.15, 0.2) is 54.6 Å². The van der Waals surface area contributed by atoms with E-state index in [1.165, 1.54) is 11.1 Å². The number of aryl methyl sites for hydroxylation is 1. The lowest BCUT2D eigenvalue weighted by Crippen LogP contribution is -2.45. The molecule has 26 heavy (non-hydrogen) atoms. The summed E-state index contributed by atoms with van der Waals surface area (Å²) >= 11 is 0. The van der Waals surface area contributed by atoms with E-state index in [4.69, 9.17) is 0 Å². The van der Waals surface area contributed by atoms with E-state index >= 15 is 0 Å². The summed E-state index contributed by atoms with van der Waals surface area (Å²) in [6.45, 7) is 1.29. The first-order valence-electron chi connectivity index (χ1n) is 9.43. The van der Waals surface area contributed by atoms with Crippen molar-refractivity contribution in [2.75, 3.05) is 18.0 Å². The Bertz CT molecular complexity index is 812. The SMILES string of the molecule is O=C(NCCCc1ccccc1)C1(C(=O)N2CCc3ccccc32)CC1. The van der Waals surface area contributed by atoms with Crippen LogP contribution in [0, 0.1) is 5.41 Å². The molecule has 1 saturated carbocycles. The lowest BCUT2D eigenvalue weighted by molar-refractivity contribution is -0.135. The van der Waals surface area contributed by atoms with Crippen LogP contribution in [-0.2, 0) is 22.4 Å². The number of hydrogen-bond acceptors (Lipinski definition) is 2. The van der Waals surface area contributed by atoms with E-state index in [2.05, 4.69) is 23.5 Å². The third-order valence-corrected chi connectivity index (χ3v) is 5.50. The van der Waals surface area contributed by atoms with Gasteiger partial charge in [-0.3, -0.25) is 9.59 Å². The van der Waals surface area contributed by atoms with Crippen molar-refractivity contribution in [2.45, 2.75) is 32.1 Å². The maximum Gasteiger partial charge on any atom is 0.242 e. The second-order valence-electron chi connectivity index (χ2n) is 7.26. The van der Waals surface area contributed by atoms with Gasteiger partial charge >= 0.3 is 0 Å². The van der Waals surface area contributed by atoms with E-state index in [0.29, 0.717) is 25.9 Å². The molecule has 1 N–H and O–H groups in total.